The molecule has 1 saturated heterocycles. The van der Waals surface area contributed by atoms with Gasteiger partial charge in [-0.2, -0.15) is 0 Å². The lowest BCUT2D eigenvalue weighted by Crippen LogP contribution is -2.45. The predicted octanol–water partition coefficient (Wildman–Crippen LogP) is 2.95. The first kappa shape index (κ1) is 20.1. The Labute approximate surface area is 167 Å². The van der Waals surface area contributed by atoms with Crippen molar-refractivity contribution in [3.63, 3.8) is 0 Å². The van der Waals surface area contributed by atoms with Crippen molar-refractivity contribution in [2.24, 2.45) is 5.92 Å². The zero-order valence-electron chi connectivity index (χ0n) is 16.3. The van der Waals surface area contributed by atoms with Crippen LogP contribution in [0.15, 0.2) is 28.0 Å². The maximum atomic E-state index is 12.9. The zero-order valence-corrected chi connectivity index (χ0v) is 17.1. The summed E-state index contributed by atoms with van der Waals surface area (Å²) in [4.78, 5) is 41.2. The summed E-state index contributed by atoms with van der Waals surface area (Å²) in [6, 6.07) is 5.27. The third-order valence-electron chi connectivity index (χ3n) is 4.93. The summed E-state index contributed by atoms with van der Waals surface area (Å²) in [6.45, 7) is 3.04. The van der Waals surface area contributed by atoms with Gasteiger partial charge >= 0.3 is 5.97 Å². The first-order valence-corrected chi connectivity index (χ1v) is 10.0. The van der Waals surface area contributed by atoms with Crippen LogP contribution in [-0.2, 0) is 16.1 Å². The summed E-state index contributed by atoms with van der Waals surface area (Å²) in [5.41, 5.74) is 0.365. The lowest BCUT2D eigenvalue weighted by molar-refractivity contribution is -0.136. The summed E-state index contributed by atoms with van der Waals surface area (Å²) in [6.07, 6.45) is 1.55. The SMILES string of the molecule is COC(=O)c1cc(CN(C)C(=O)[C@H]2CCCN(C(=O)c3cccs3)C2)oc1C. The van der Waals surface area contributed by atoms with Crippen LogP contribution in [0, 0.1) is 12.8 Å². The molecule has 8 heteroatoms. The molecular weight excluding hydrogens is 380 g/mol. The van der Waals surface area contributed by atoms with Crippen molar-refractivity contribution < 1.29 is 23.5 Å². The number of nitrogens with zero attached hydrogens (tertiary/aromatic N) is 2. The molecule has 150 valence electrons. The molecule has 7 nitrogen and oxygen atoms in total. The molecule has 1 fully saturated rings. The van der Waals surface area contributed by atoms with Gasteiger partial charge in [-0.05, 0) is 37.3 Å². The molecule has 0 unspecified atom stereocenters. The van der Waals surface area contributed by atoms with Crippen molar-refractivity contribution in [2.45, 2.75) is 26.3 Å². The number of thiophene rings is 1. The Balaban J connectivity index is 1.63. The summed E-state index contributed by atoms with van der Waals surface area (Å²) >= 11 is 1.41. The van der Waals surface area contributed by atoms with Crippen molar-refractivity contribution in [1.82, 2.24) is 9.80 Å². The van der Waals surface area contributed by atoms with E-state index in [1.54, 1.807) is 29.8 Å². The number of carbonyl (C=O) groups excluding carboxylic acids is 3. The van der Waals surface area contributed by atoms with E-state index >= 15 is 0 Å². The summed E-state index contributed by atoms with van der Waals surface area (Å²) in [5, 5.41) is 1.88. The molecule has 0 saturated carbocycles. The summed E-state index contributed by atoms with van der Waals surface area (Å²) in [5.74, 6) is 0.247. The number of ether oxygens (including phenoxy) is 1. The Morgan fingerprint density at radius 2 is 2.18 bits per heavy atom. The molecule has 3 heterocycles. The number of rotatable bonds is 5. The smallest absolute Gasteiger partial charge is 0.341 e. The minimum atomic E-state index is -0.462. The molecule has 0 bridgehead atoms. The number of hydrogen-bond donors (Lipinski definition) is 0. The lowest BCUT2D eigenvalue weighted by Gasteiger charge is -2.33. The first-order chi connectivity index (χ1) is 13.4. The van der Waals surface area contributed by atoms with Crippen molar-refractivity contribution in [2.75, 3.05) is 27.2 Å². The van der Waals surface area contributed by atoms with Crippen molar-refractivity contribution >= 4 is 29.1 Å². The largest absolute Gasteiger partial charge is 0.465 e. The molecule has 1 atom stereocenters. The molecule has 0 aromatic carbocycles. The van der Waals surface area contributed by atoms with Gasteiger partial charge in [0.2, 0.25) is 5.91 Å². The Morgan fingerprint density at radius 1 is 1.39 bits per heavy atom. The number of esters is 1. The van der Waals surface area contributed by atoms with Crippen molar-refractivity contribution in [1.29, 1.82) is 0 Å². The molecule has 0 spiro atoms. The second kappa shape index (κ2) is 8.60. The van der Waals surface area contributed by atoms with Crippen LogP contribution in [0.3, 0.4) is 0 Å². The van der Waals surface area contributed by atoms with E-state index in [9.17, 15) is 14.4 Å². The van der Waals surface area contributed by atoms with Gasteiger partial charge in [0.05, 0.1) is 24.4 Å². The van der Waals surface area contributed by atoms with Gasteiger partial charge in [-0.1, -0.05) is 6.07 Å². The van der Waals surface area contributed by atoms with E-state index in [-0.39, 0.29) is 24.3 Å². The van der Waals surface area contributed by atoms with Gasteiger partial charge < -0.3 is 19.0 Å². The molecule has 1 aliphatic rings. The highest BCUT2D eigenvalue weighted by molar-refractivity contribution is 7.12. The highest BCUT2D eigenvalue weighted by atomic mass is 32.1. The van der Waals surface area contributed by atoms with Gasteiger partial charge in [0, 0.05) is 20.1 Å². The van der Waals surface area contributed by atoms with Crippen LogP contribution in [0.25, 0.3) is 0 Å². The summed E-state index contributed by atoms with van der Waals surface area (Å²) < 4.78 is 10.3. The number of likely N-dealkylation sites (tertiary alicyclic amines) is 1. The third kappa shape index (κ3) is 4.27. The standard InChI is InChI=1S/C20H24N2O5S/c1-13-16(20(25)26-3)10-15(27-13)12-21(2)18(23)14-6-4-8-22(11-14)19(24)17-7-5-9-28-17/h5,7,9-10,14H,4,6,8,11-12H2,1-3H3/t14-/m0/s1. The molecule has 1 aliphatic heterocycles. The number of carbonyl (C=O) groups is 3. The van der Waals surface area contributed by atoms with Gasteiger partial charge in [-0.3, -0.25) is 9.59 Å². The van der Waals surface area contributed by atoms with Crippen LogP contribution in [0.1, 0.15) is 44.4 Å². The number of amides is 2. The van der Waals surface area contributed by atoms with E-state index in [1.807, 2.05) is 17.5 Å². The predicted molar refractivity (Wildman–Crippen MR) is 104 cm³/mol. The maximum Gasteiger partial charge on any atom is 0.341 e. The first-order valence-electron chi connectivity index (χ1n) is 9.16. The van der Waals surface area contributed by atoms with E-state index in [0.717, 1.165) is 12.8 Å². The Bertz CT molecular complexity index is 858. The topological polar surface area (TPSA) is 80.1 Å². The molecule has 2 aromatic rings. The molecule has 2 aromatic heterocycles. The fourth-order valence-corrected chi connectivity index (χ4v) is 4.17. The van der Waals surface area contributed by atoms with Gasteiger partial charge in [0.15, 0.2) is 0 Å². The van der Waals surface area contributed by atoms with Gasteiger partial charge in [0.1, 0.15) is 17.1 Å². The molecule has 0 radical (unpaired) electrons. The van der Waals surface area contributed by atoms with E-state index in [1.165, 1.54) is 18.4 Å². The number of hydrogen-bond acceptors (Lipinski definition) is 6. The fraction of sp³-hybridized carbons (Fsp3) is 0.450. The number of aryl methyl sites for hydroxylation is 1. The zero-order chi connectivity index (χ0) is 20.3. The van der Waals surface area contributed by atoms with E-state index in [4.69, 9.17) is 9.15 Å². The number of furan rings is 1. The molecule has 0 aliphatic carbocycles. The molecule has 3 rings (SSSR count). The third-order valence-corrected chi connectivity index (χ3v) is 5.79. The molecule has 28 heavy (non-hydrogen) atoms. The van der Waals surface area contributed by atoms with Crippen LogP contribution in [-0.4, -0.2) is 54.8 Å². The van der Waals surface area contributed by atoms with Crippen LogP contribution in [0.5, 0.6) is 0 Å². The lowest BCUT2D eigenvalue weighted by atomic mass is 9.96. The van der Waals surface area contributed by atoms with Gasteiger partial charge in [0.25, 0.3) is 5.91 Å². The average Bonchev–Trinajstić information content (AvgIpc) is 3.36. The van der Waals surface area contributed by atoms with Crippen LogP contribution in [0.4, 0.5) is 0 Å². The molecule has 2 amide bonds. The normalized spacial score (nSPS) is 16.7. The molecule has 0 N–H and O–H groups in total. The summed E-state index contributed by atoms with van der Waals surface area (Å²) in [7, 11) is 3.02. The van der Waals surface area contributed by atoms with E-state index < -0.39 is 5.97 Å². The Morgan fingerprint density at radius 3 is 2.86 bits per heavy atom. The fourth-order valence-electron chi connectivity index (χ4n) is 3.48. The van der Waals surface area contributed by atoms with Crippen molar-refractivity contribution in [3.05, 3.63) is 45.5 Å². The van der Waals surface area contributed by atoms with Crippen molar-refractivity contribution in [3.8, 4) is 0 Å². The highest BCUT2D eigenvalue weighted by Gasteiger charge is 2.31. The van der Waals surface area contributed by atoms with E-state index in [2.05, 4.69) is 0 Å². The Hall–Kier alpha value is -2.61. The minimum Gasteiger partial charge on any atom is -0.465 e. The van der Waals surface area contributed by atoms with E-state index in [0.29, 0.717) is 35.1 Å². The number of methoxy groups -OCH3 is 1. The van der Waals surface area contributed by atoms with Crippen LogP contribution < -0.4 is 0 Å². The monoisotopic (exact) mass is 404 g/mol. The number of piperidine rings is 1. The van der Waals surface area contributed by atoms with Gasteiger partial charge in [-0.15, -0.1) is 11.3 Å². The second-order valence-corrected chi connectivity index (χ2v) is 7.88. The second-order valence-electron chi connectivity index (χ2n) is 6.94. The average molecular weight is 404 g/mol. The Kier molecular flexibility index (Phi) is 6.18. The highest BCUT2D eigenvalue weighted by Crippen LogP contribution is 2.23. The maximum absolute atomic E-state index is 12.9. The minimum absolute atomic E-state index is 0.0143. The molecular formula is C20H24N2O5S. The van der Waals surface area contributed by atoms with Gasteiger partial charge in [-0.25, -0.2) is 4.79 Å². The quantitative estimate of drug-likeness (QED) is 0.716. The van der Waals surface area contributed by atoms with Crippen LogP contribution in [0.2, 0.25) is 0 Å². The van der Waals surface area contributed by atoms with Crippen LogP contribution >= 0.6 is 11.3 Å².